The molecule has 0 spiro atoms. The summed E-state index contributed by atoms with van der Waals surface area (Å²) in [5.74, 6) is -0.743. The number of carbonyl (C=O) groups excluding carboxylic acids is 1. The molecule has 1 amide bonds. The Morgan fingerprint density at radius 2 is 1.90 bits per heavy atom. The van der Waals surface area contributed by atoms with Gasteiger partial charge < -0.3 is 4.90 Å². The highest BCUT2D eigenvalue weighted by molar-refractivity contribution is 5.94. The van der Waals surface area contributed by atoms with E-state index in [4.69, 9.17) is 0 Å². The van der Waals surface area contributed by atoms with Crippen LogP contribution in [0.1, 0.15) is 28.4 Å². The third-order valence-corrected chi connectivity index (χ3v) is 3.23. The SMILES string of the molecule is CCN(Cc1cccc(C)c1)C(=O)c1ccccc1F. The molecule has 0 fully saturated rings. The zero-order chi connectivity index (χ0) is 14.5. The number of hydrogen-bond donors (Lipinski definition) is 0. The lowest BCUT2D eigenvalue weighted by molar-refractivity contribution is 0.0748. The summed E-state index contributed by atoms with van der Waals surface area (Å²) < 4.78 is 13.7. The topological polar surface area (TPSA) is 20.3 Å². The van der Waals surface area contributed by atoms with Gasteiger partial charge in [-0.15, -0.1) is 0 Å². The summed E-state index contributed by atoms with van der Waals surface area (Å²) in [4.78, 5) is 14.0. The van der Waals surface area contributed by atoms with E-state index in [2.05, 4.69) is 0 Å². The smallest absolute Gasteiger partial charge is 0.257 e. The summed E-state index contributed by atoms with van der Waals surface area (Å²) >= 11 is 0. The molecule has 104 valence electrons. The molecule has 20 heavy (non-hydrogen) atoms. The minimum atomic E-state index is -0.472. The Hall–Kier alpha value is -2.16. The Morgan fingerprint density at radius 1 is 1.15 bits per heavy atom. The molecule has 2 aromatic carbocycles. The molecule has 0 N–H and O–H groups in total. The molecule has 0 aliphatic rings. The molecule has 0 aliphatic carbocycles. The van der Waals surface area contributed by atoms with Gasteiger partial charge in [-0.25, -0.2) is 4.39 Å². The van der Waals surface area contributed by atoms with E-state index in [1.807, 2.05) is 38.1 Å². The van der Waals surface area contributed by atoms with Crippen LogP contribution in [-0.2, 0) is 6.54 Å². The van der Waals surface area contributed by atoms with Gasteiger partial charge in [0, 0.05) is 13.1 Å². The molecule has 3 heteroatoms. The Kier molecular flexibility index (Phi) is 4.51. The number of nitrogens with zero attached hydrogens (tertiary/aromatic N) is 1. The molecule has 0 atom stereocenters. The van der Waals surface area contributed by atoms with Crippen molar-refractivity contribution in [2.75, 3.05) is 6.54 Å². The zero-order valence-corrected chi connectivity index (χ0v) is 11.8. The van der Waals surface area contributed by atoms with Gasteiger partial charge in [0.1, 0.15) is 5.82 Å². The Labute approximate surface area is 118 Å². The lowest BCUT2D eigenvalue weighted by atomic mass is 10.1. The van der Waals surface area contributed by atoms with Gasteiger partial charge in [0.25, 0.3) is 5.91 Å². The van der Waals surface area contributed by atoms with E-state index in [1.54, 1.807) is 17.0 Å². The van der Waals surface area contributed by atoms with Crippen molar-refractivity contribution in [3.8, 4) is 0 Å². The van der Waals surface area contributed by atoms with E-state index in [1.165, 1.54) is 12.1 Å². The highest BCUT2D eigenvalue weighted by Gasteiger charge is 2.17. The van der Waals surface area contributed by atoms with Crippen molar-refractivity contribution in [2.45, 2.75) is 20.4 Å². The predicted octanol–water partition coefficient (Wildman–Crippen LogP) is 3.80. The number of carbonyl (C=O) groups is 1. The summed E-state index contributed by atoms with van der Waals surface area (Å²) in [5, 5.41) is 0. The third-order valence-electron chi connectivity index (χ3n) is 3.23. The number of hydrogen-bond acceptors (Lipinski definition) is 1. The second-order valence-corrected chi connectivity index (χ2v) is 4.79. The summed E-state index contributed by atoms with van der Waals surface area (Å²) in [6.45, 7) is 4.94. The predicted molar refractivity (Wildman–Crippen MR) is 78.0 cm³/mol. The monoisotopic (exact) mass is 271 g/mol. The van der Waals surface area contributed by atoms with E-state index in [-0.39, 0.29) is 11.5 Å². The van der Waals surface area contributed by atoms with Crippen molar-refractivity contribution in [3.05, 3.63) is 71.0 Å². The van der Waals surface area contributed by atoms with Gasteiger partial charge in [-0.1, -0.05) is 42.0 Å². The molecule has 2 nitrogen and oxygen atoms in total. The fraction of sp³-hybridized carbons (Fsp3) is 0.235. The first-order valence-corrected chi connectivity index (χ1v) is 6.71. The standard InChI is InChI=1S/C17H18FNO/c1-3-19(12-14-8-6-7-13(2)11-14)17(20)15-9-4-5-10-16(15)18/h4-11H,3,12H2,1-2H3. The highest BCUT2D eigenvalue weighted by atomic mass is 19.1. The molecule has 0 unspecified atom stereocenters. The summed E-state index contributed by atoms with van der Waals surface area (Å²) in [7, 11) is 0. The summed E-state index contributed by atoms with van der Waals surface area (Å²) in [6.07, 6.45) is 0. The van der Waals surface area contributed by atoms with Crippen LogP contribution in [-0.4, -0.2) is 17.4 Å². The minimum Gasteiger partial charge on any atom is -0.335 e. The van der Waals surface area contributed by atoms with Gasteiger partial charge in [-0.3, -0.25) is 4.79 Å². The van der Waals surface area contributed by atoms with Crippen molar-refractivity contribution in [1.29, 1.82) is 0 Å². The second kappa shape index (κ2) is 6.33. The molecule has 0 radical (unpaired) electrons. The Balaban J connectivity index is 2.20. The maximum Gasteiger partial charge on any atom is 0.257 e. The van der Waals surface area contributed by atoms with Crippen molar-refractivity contribution in [3.63, 3.8) is 0 Å². The van der Waals surface area contributed by atoms with Crippen LogP contribution >= 0.6 is 0 Å². The average molecular weight is 271 g/mol. The van der Waals surface area contributed by atoms with Crippen molar-refractivity contribution in [2.24, 2.45) is 0 Å². The van der Waals surface area contributed by atoms with E-state index < -0.39 is 5.82 Å². The Morgan fingerprint density at radius 3 is 2.55 bits per heavy atom. The number of rotatable bonds is 4. The Bertz CT molecular complexity index is 609. The number of halogens is 1. The van der Waals surface area contributed by atoms with Crippen LogP contribution < -0.4 is 0 Å². The van der Waals surface area contributed by atoms with Crippen LogP contribution in [0.3, 0.4) is 0 Å². The molecular weight excluding hydrogens is 253 g/mol. The molecule has 2 aromatic rings. The quantitative estimate of drug-likeness (QED) is 0.828. The lowest BCUT2D eigenvalue weighted by Gasteiger charge is -2.21. The van der Waals surface area contributed by atoms with Crippen molar-refractivity contribution < 1.29 is 9.18 Å². The third kappa shape index (κ3) is 3.23. The van der Waals surface area contributed by atoms with Crippen LogP contribution in [0.15, 0.2) is 48.5 Å². The number of amides is 1. The average Bonchev–Trinajstić information content (AvgIpc) is 2.44. The van der Waals surface area contributed by atoms with Crippen LogP contribution in [0.5, 0.6) is 0 Å². The van der Waals surface area contributed by atoms with Gasteiger partial charge in [0.15, 0.2) is 0 Å². The molecule has 0 aliphatic heterocycles. The van der Waals surface area contributed by atoms with Gasteiger partial charge in [-0.05, 0) is 31.5 Å². The molecule has 0 saturated heterocycles. The maximum atomic E-state index is 13.7. The molecule has 0 aromatic heterocycles. The highest BCUT2D eigenvalue weighted by Crippen LogP contribution is 2.13. The fourth-order valence-corrected chi connectivity index (χ4v) is 2.16. The van der Waals surface area contributed by atoms with Crippen molar-refractivity contribution >= 4 is 5.91 Å². The molecule has 0 bridgehead atoms. The van der Waals surface area contributed by atoms with E-state index in [0.717, 1.165) is 11.1 Å². The van der Waals surface area contributed by atoms with Crippen LogP contribution in [0.4, 0.5) is 4.39 Å². The largest absolute Gasteiger partial charge is 0.335 e. The number of aryl methyl sites for hydroxylation is 1. The van der Waals surface area contributed by atoms with Crippen LogP contribution in [0.2, 0.25) is 0 Å². The van der Waals surface area contributed by atoms with Gasteiger partial charge in [0.05, 0.1) is 5.56 Å². The van der Waals surface area contributed by atoms with Crippen molar-refractivity contribution in [1.82, 2.24) is 4.90 Å². The van der Waals surface area contributed by atoms with E-state index in [9.17, 15) is 9.18 Å². The van der Waals surface area contributed by atoms with Gasteiger partial charge in [0.2, 0.25) is 0 Å². The lowest BCUT2D eigenvalue weighted by Crippen LogP contribution is -2.31. The normalized spacial score (nSPS) is 10.3. The summed E-state index contributed by atoms with van der Waals surface area (Å²) in [6, 6.07) is 14.1. The maximum absolute atomic E-state index is 13.7. The molecule has 0 heterocycles. The molecule has 0 saturated carbocycles. The van der Waals surface area contributed by atoms with E-state index >= 15 is 0 Å². The minimum absolute atomic E-state index is 0.127. The first-order chi connectivity index (χ1) is 9.61. The fourth-order valence-electron chi connectivity index (χ4n) is 2.16. The first kappa shape index (κ1) is 14.3. The molecular formula is C17H18FNO. The van der Waals surface area contributed by atoms with Gasteiger partial charge in [-0.2, -0.15) is 0 Å². The van der Waals surface area contributed by atoms with Crippen LogP contribution in [0.25, 0.3) is 0 Å². The second-order valence-electron chi connectivity index (χ2n) is 4.79. The zero-order valence-electron chi connectivity index (χ0n) is 11.8. The number of benzene rings is 2. The molecule has 2 rings (SSSR count). The van der Waals surface area contributed by atoms with E-state index in [0.29, 0.717) is 13.1 Å². The summed E-state index contributed by atoms with van der Waals surface area (Å²) in [5.41, 5.74) is 2.33. The van der Waals surface area contributed by atoms with Crippen LogP contribution in [0, 0.1) is 12.7 Å². The van der Waals surface area contributed by atoms with Gasteiger partial charge >= 0.3 is 0 Å². The first-order valence-electron chi connectivity index (χ1n) is 6.71.